The Labute approximate surface area is 148 Å². The molecule has 0 radical (unpaired) electrons. The molecule has 1 heteroatoms. The van der Waals surface area contributed by atoms with Crippen LogP contribution < -0.4 is 0 Å². The molecule has 2 aromatic rings. The highest BCUT2D eigenvalue weighted by molar-refractivity contribution is 5.14. The van der Waals surface area contributed by atoms with Gasteiger partial charge in [0.2, 0.25) is 0 Å². The summed E-state index contributed by atoms with van der Waals surface area (Å²) < 4.78 is 5.72. The normalized spacial score (nSPS) is 10.8. The molecule has 0 bridgehead atoms. The van der Waals surface area contributed by atoms with Gasteiger partial charge in [-0.2, -0.15) is 0 Å². The predicted molar refractivity (Wildman–Crippen MR) is 103 cm³/mol. The summed E-state index contributed by atoms with van der Waals surface area (Å²) in [7, 11) is 0. The van der Waals surface area contributed by atoms with Crippen LogP contribution in [0.2, 0.25) is 0 Å². The number of hydrogen-bond donors (Lipinski definition) is 0. The van der Waals surface area contributed by atoms with E-state index in [0.717, 1.165) is 13.2 Å². The first-order valence-electron chi connectivity index (χ1n) is 9.61. The molecule has 0 heterocycles. The van der Waals surface area contributed by atoms with Gasteiger partial charge in [0, 0.05) is 6.61 Å². The van der Waals surface area contributed by atoms with E-state index in [2.05, 4.69) is 54.6 Å². The molecular formula is C23H32O. The second-order valence-electron chi connectivity index (χ2n) is 6.60. The highest BCUT2D eigenvalue weighted by Gasteiger charge is 1.95. The minimum Gasteiger partial charge on any atom is -0.377 e. The van der Waals surface area contributed by atoms with Gasteiger partial charge in [-0.25, -0.2) is 0 Å². The van der Waals surface area contributed by atoms with Gasteiger partial charge < -0.3 is 4.74 Å². The van der Waals surface area contributed by atoms with Crippen molar-refractivity contribution in [1.82, 2.24) is 0 Å². The predicted octanol–water partition coefficient (Wildman–Crippen LogP) is 6.57. The van der Waals surface area contributed by atoms with Crippen molar-refractivity contribution in [1.29, 1.82) is 0 Å². The Morgan fingerprint density at radius 1 is 0.500 bits per heavy atom. The first-order valence-corrected chi connectivity index (χ1v) is 9.61. The lowest BCUT2D eigenvalue weighted by Crippen LogP contribution is -1.95. The molecule has 0 fully saturated rings. The Morgan fingerprint density at radius 2 is 1.00 bits per heavy atom. The van der Waals surface area contributed by atoms with Crippen molar-refractivity contribution in [2.45, 2.75) is 64.4 Å². The summed E-state index contributed by atoms with van der Waals surface area (Å²) >= 11 is 0. The van der Waals surface area contributed by atoms with Crippen LogP contribution in [0.5, 0.6) is 0 Å². The Balaban J connectivity index is 1.32. The van der Waals surface area contributed by atoms with Gasteiger partial charge in [-0.1, -0.05) is 99.2 Å². The summed E-state index contributed by atoms with van der Waals surface area (Å²) in [6.07, 6.45) is 11.9. The van der Waals surface area contributed by atoms with Crippen LogP contribution >= 0.6 is 0 Å². The second-order valence-corrected chi connectivity index (χ2v) is 6.60. The fourth-order valence-electron chi connectivity index (χ4n) is 3.00. The molecule has 1 nitrogen and oxygen atoms in total. The lowest BCUT2D eigenvalue weighted by molar-refractivity contribution is 0.116. The van der Waals surface area contributed by atoms with E-state index in [1.807, 2.05) is 6.07 Å². The molecule has 130 valence electrons. The molecular weight excluding hydrogens is 292 g/mol. The fraction of sp³-hybridized carbons (Fsp3) is 0.478. The van der Waals surface area contributed by atoms with Crippen molar-refractivity contribution in [2.75, 3.05) is 6.61 Å². The van der Waals surface area contributed by atoms with E-state index in [4.69, 9.17) is 4.74 Å². The van der Waals surface area contributed by atoms with E-state index in [0.29, 0.717) is 0 Å². The van der Waals surface area contributed by atoms with Crippen molar-refractivity contribution in [3.8, 4) is 0 Å². The summed E-state index contributed by atoms with van der Waals surface area (Å²) in [5.41, 5.74) is 2.75. The Hall–Kier alpha value is -1.60. The fourth-order valence-corrected chi connectivity index (χ4v) is 3.00. The first-order chi connectivity index (χ1) is 11.9. The van der Waals surface area contributed by atoms with Crippen molar-refractivity contribution in [3.63, 3.8) is 0 Å². The maximum atomic E-state index is 5.72. The molecule has 0 spiro atoms. The maximum absolute atomic E-state index is 5.72. The van der Waals surface area contributed by atoms with Gasteiger partial charge in [-0.15, -0.1) is 0 Å². The van der Waals surface area contributed by atoms with Gasteiger partial charge in [0.25, 0.3) is 0 Å². The number of hydrogen-bond acceptors (Lipinski definition) is 1. The van der Waals surface area contributed by atoms with E-state index in [1.165, 1.54) is 68.9 Å². The molecule has 0 aliphatic rings. The van der Waals surface area contributed by atoms with Gasteiger partial charge in [-0.05, 0) is 30.4 Å². The molecule has 0 aliphatic carbocycles. The van der Waals surface area contributed by atoms with E-state index < -0.39 is 0 Å². The molecule has 0 atom stereocenters. The largest absolute Gasteiger partial charge is 0.377 e. The van der Waals surface area contributed by atoms with Crippen LogP contribution in [0.25, 0.3) is 0 Å². The Kier molecular flexibility index (Phi) is 9.97. The molecule has 24 heavy (non-hydrogen) atoms. The maximum Gasteiger partial charge on any atom is 0.0716 e. The number of rotatable bonds is 13. The smallest absolute Gasteiger partial charge is 0.0716 e. The van der Waals surface area contributed by atoms with Gasteiger partial charge in [0.1, 0.15) is 0 Å². The lowest BCUT2D eigenvalue weighted by Gasteiger charge is -2.05. The molecule has 0 amide bonds. The van der Waals surface area contributed by atoms with Gasteiger partial charge >= 0.3 is 0 Å². The minimum absolute atomic E-state index is 0.752. The van der Waals surface area contributed by atoms with Gasteiger partial charge in [-0.3, -0.25) is 0 Å². The summed E-state index contributed by atoms with van der Waals surface area (Å²) in [6.45, 7) is 1.65. The summed E-state index contributed by atoms with van der Waals surface area (Å²) in [5, 5.41) is 0. The Morgan fingerprint density at radius 3 is 1.62 bits per heavy atom. The molecule has 0 saturated heterocycles. The monoisotopic (exact) mass is 324 g/mol. The zero-order valence-corrected chi connectivity index (χ0v) is 15.0. The zero-order chi connectivity index (χ0) is 16.7. The van der Waals surface area contributed by atoms with Crippen LogP contribution in [0.3, 0.4) is 0 Å². The number of aryl methyl sites for hydroxylation is 1. The van der Waals surface area contributed by atoms with Crippen molar-refractivity contribution < 1.29 is 4.74 Å². The average molecular weight is 325 g/mol. The second kappa shape index (κ2) is 12.8. The molecule has 0 aliphatic heterocycles. The van der Waals surface area contributed by atoms with Crippen LogP contribution in [0.4, 0.5) is 0 Å². The highest BCUT2D eigenvalue weighted by Crippen LogP contribution is 2.11. The van der Waals surface area contributed by atoms with Crippen molar-refractivity contribution >= 4 is 0 Å². The van der Waals surface area contributed by atoms with Crippen LogP contribution in [0.15, 0.2) is 60.7 Å². The van der Waals surface area contributed by atoms with Crippen LogP contribution in [-0.2, 0) is 17.8 Å². The van der Waals surface area contributed by atoms with Crippen LogP contribution in [0.1, 0.15) is 62.5 Å². The standard InChI is InChI=1S/C23H32O/c1(3-5-9-15-22-16-10-7-11-17-22)2-4-6-14-20-24-21-23-18-12-8-13-19-23/h7-8,10-13,16-19H,1-6,9,14-15,20-21H2. The van der Waals surface area contributed by atoms with Crippen LogP contribution in [-0.4, -0.2) is 6.61 Å². The summed E-state index contributed by atoms with van der Waals surface area (Å²) in [5.74, 6) is 0. The molecule has 0 saturated carbocycles. The molecule has 2 aromatic carbocycles. The first kappa shape index (κ1) is 18.7. The average Bonchev–Trinajstić information content (AvgIpc) is 2.64. The van der Waals surface area contributed by atoms with E-state index in [-0.39, 0.29) is 0 Å². The van der Waals surface area contributed by atoms with Gasteiger partial charge in [0.15, 0.2) is 0 Å². The van der Waals surface area contributed by atoms with Crippen molar-refractivity contribution in [2.24, 2.45) is 0 Å². The van der Waals surface area contributed by atoms with Crippen molar-refractivity contribution in [3.05, 3.63) is 71.8 Å². The quantitative estimate of drug-likeness (QED) is 0.379. The van der Waals surface area contributed by atoms with E-state index in [9.17, 15) is 0 Å². The molecule has 0 N–H and O–H groups in total. The molecule has 0 unspecified atom stereocenters. The summed E-state index contributed by atoms with van der Waals surface area (Å²) in [6, 6.07) is 21.3. The van der Waals surface area contributed by atoms with E-state index in [1.54, 1.807) is 0 Å². The topological polar surface area (TPSA) is 9.23 Å². The molecule has 0 aromatic heterocycles. The van der Waals surface area contributed by atoms with Gasteiger partial charge in [0.05, 0.1) is 6.61 Å². The number of benzene rings is 2. The Bertz CT molecular complexity index is 457. The third-order valence-electron chi connectivity index (χ3n) is 4.46. The number of unbranched alkanes of at least 4 members (excludes halogenated alkanes) is 7. The number of ether oxygens (including phenoxy) is 1. The minimum atomic E-state index is 0.752. The van der Waals surface area contributed by atoms with Crippen LogP contribution in [0, 0.1) is 0 Å². The third-order valence-corrected chi connectivity index (χ3v) is 4.46. The lowest BCUT2D eigenvalue weighted by atomic mass is 10.0. The molecule has 2 rings (SSSR count). The SMILES string of the molecule is c1ccc(CCCCCCCCCCOCc2ccccc2)cc1. The zero-order valence-electron chi connectivity index (χ0n) is 15.0. The third kappa shape index (κ3) is 8.88. The summed E-state index contributed by atoms with van der Waals surface area (Å²) in [4.78, 5) is 0. The van der Waals surface area contributed by atoms with E-state index >= 15 is 0 Å². The highest BCUT2D eigenvalue weighted by atomic mass is 16.5.